The number of nitrogens with zero attached hydrogens (tertiary/aromatic N) is 2. The van der Waals surface area contributed by atoms with Crippen molar-refractivity contribution in [2.45, 2.75) is 45.3 Å². The zero-order valence-electron chi connectivity index (χ0n) is 10.6. The van der Waals surface area contributed by atoms with Crippen LogP contribution >= 0.6 is 0 Å². The highest BCUT2D eigenvalue weighted by Crippen LogP contribution is 2.12. The Morgan fingerprint density at radius 1 is 1.35 bits per heavy atom. The van der Waals surface area contributed by atoms with Crippen LogP contribution in [-0.4, -0.2) is 35.0 Å². The molecule has 1 saturated heterocycles. The molecule has 17 heavy (non-hydrogen) atoms. The third-order valence-corrected chi connectivity index (χ3v) is 2.49. The lowest BCUT2D eigenvalue weighted by Crippen LogP contribution is -2.35. The van der Waals surface area contributed by atoms with Gasteiger partial charge in [-0.3, -0.25) is 0 Å². The lowest BCUT2D eigenvalue weighted by Gasteiger charge is -2.18. The highest BCUT2D eigenvalue weighted by molar-refractivity contribution is 5.19. The molecule has 0 spiro atoms. The first-order chi connectivity index (χ1) is 8.03. The number of hydrogen-bond donors (Lipinski definition) is 2. The molecule has 0 amide bonds. The zero-order chi connectivity index (χ0) is 12.3. The van der Waals surface area contributed by atoms with E-state index >= 15 is 0 Å². The molecule has 1 fully saturated rings. The Kier molecular flexibility index (Phi) is 3.63. The zero-order valence-corrected chi connectivity index (χ0v) is 10.6. The number of ether oxygens (including phenoxy) is 1. The summed E-state index contributed by atoms with van der Waals surface area (Å²) in [7, 11) is 0. The number of rotatable bonds is 4. The molecule has 0 radical (unpaired) electrons. The average molecular weight is 240 g/mol. The van der Waals surface area contributed by atoms with Gasteiger partial charge in [0.25, 0.3) is 0 Å². The molecule has 0 aromatic carbocycles. The van der Waals surface area contributed by atoms with Crippen LogP contribution in [0.4, 0.5) is 6.01 Å². The van der Waals surface area contributed by atoms with Crippen molar-refractivity contribution in [1.29, 1.82) is 0 Å². The van der Waals surface area contributed by atoms with E-state index in [4.69, 9.17) is 9.15 Å². The fourth-order valence-corrected chi connectivity index (χ4v) is 1.55. The second-order valence-corrected chi connectivity index (χ2v) is 5.31. The van der Waals surface area contributed by atoms with Crippen molar-refractivity contribution in [3.63, 3.8) is 0 Å². The van der Waals surface area contributed by atoms with E-state index in [0.29, 0.717) is 31.1 Å². The summed E-state index contributed by atoms with van der Waals surface area (Å²) >= 11 is 0. The lowest BCUT2D eigenvalue weighted by atomic mass is 10.1. The molecule has 6 nitrogen and oxygen atoms in total. The first kappa shape index (κ1) is 12.3. The predicted octanol–water partition coefficient (Wildman–Crippen LogP) is 1.16. The Hall–Kier alpha value is -1.14. The van der Waals surface area contributed by atoms with Crippen molar-refractivity contribution >= 4 is 6.01 Å². The van der Waals surface area contributed by atoms with Crippen molar-refractivity contribution in [2.75, 3.05) is 18.5 Å². The molecule has 1 aromatic rings. The standard InChI is InChI=1S/C11H20N4O2/c1-11(2,3)12-6-9-14-15-10(17-9)13-8-4-5-16-7-8/h8,12H,4-7H2,1-3H3,(H,13,15). The summed E-state index contributed by atoms with van der Waals surface area (Å²) in [5.74, 6) is 0.598. The van der Waals surface area contributed by atoms with E-state index in [0.717, 1.165) is 13.0 Å². The smallest absolute Gasteiger partial charge is 0.315 e. The molecule has 2 heterocycles. The van der Waals surface area contributed by atoms with Gasteiger partial charge in [-0.15, -0.1) is 5.10 Å². The molecular formula is C11H20N4O2. The number of aromatic nitrogens is 2. The topological polar surface area (TPSA) is 72.2 Å². The van der Waals surface area contributed by atoms with Gasteiger partial charge in [0.2, 0.25) is 5.89 Å². The maximum absolute atomic E-state index is 5.49. The van der Waals surface area contributed by atoms with E-state index < -0.39 is 0 Å². The van der Waals surface area contributed by atoms with Crippen molar-refractivity contribution < 1.29 is 9.15 Å². The van der Waals surface area contributed by atoms with Crippen LogP contribution in [0, 0.1) is 0 Å². The first-order valence-corrected chi connectivity index (χ1v) is 5.95. The van der Waals surface area contributed by atoms with Gasteiger partial charge in [0.1, 0.15) is 0 Å². The number of anilines is 1. The monoisotopic (exact) mass is 240 g/mol. The second-order valence-electron chi connectivity index (χ2n) is 5.31. The molecule has 2 rings (SSSR count). The van der Waals surface area contributed by atoms with Gasteiger partial charge in [-0.25, -0.2) is 0 Å². The third-order valence-electron chi connectivity index (χ3n) is 2.49. The van der Waals surface area contributed by atoms with Crippen LogP contribution in [0.3, 0.4) is 0 Å². The minimum atomic E-state index is 0.0430. The summed E-state index contributed by atoms with van der Waals surface area (Å²) in [6.07, 6.45) is 0.984. The Morgan fingerprint density at radius 2 is 2.18 bits per heavy atom. The van der Waals surface area contributed by atoms with Gasteiger partial charge in [0.05, 0.1) is 19.2 Å². The van der Waals surface area contributed by atoms with Crippen LogP contribution in [0.25, 0.3) is 0 Å². The third kappa shape index (κ3) is 3.98. The van der Waals surface area contributed by atoms with E-state index in [1.807, 2.05) is 0 Å². The van der Waals surface area contributed by atoms with Gasteiger partial charge >= 0.3 is 6.01 Å². The minimum Gasteiger partial charge on any atom is -0.407 e. The normalized spacial score (nSPS) is 20.8. The Bertz CT molecular complexity index is 353. The molecule has 6 heteroatoms. The van der Waals surface area contributed by atoms with Crippen LogP contribution in [0.5, 0.6) is 0 Å². The van der Waals surface area contributed by atoms with Gasteiger partial charge < -0.3 is 19.8 Å². The van der Waals surface area contributed by atoms with Crippen molar-refractivity contribution in [1.82, 2.24) is 15.5 Å². The van der Waals surface area contributed by atoms with Crippen molar-refractivity contribution in [3.8, 4) is 0 Å². The molecule has 0 aliphatic carbocycles. The van der Waals surface area contributed by atoms with Gasteiger partial charge in [-0.2, -0.15) is 0 Å². The molecule has 2 N–H and O–H groups in total. The van der Waals surface area contributed by atoms with Gasteiger partial charge in [-0.1, -0.05) is 5.10 Å². The summed E-state index contributed by atoms with van der Waals surface area (Å²) < 4.78 is 10.8. The quantitative estimate of drug-likeness (QED) is 0.822. The van der Waals surface area contributed by atoms with E-state index in [1.54, 1.807) is 0 Å². The number of hydrogen-bond acceptors (Lipinski definition) is 6. The highest BCUT2D eigenvalue weighted by Gasteiger charge is 2.18. The summed E-state index contributed by atoms with van der Waals surface area (Å²) in [4.78, 5) is 0. The maximum atomic E-state index is 5.49. The summed E-state index contributed by atoms with van der Waals surface area (Å²) in [6.45, 7) is 8.37. The van der Waals surface area contributed by atoms with Crippen molar-refractivity contribution in [3.05, 3.63) is 5.89 Å². The van der Waals surface area contributed by atoms with Crippen LogP contribution < -0.4 is 10.6 Å². The summed E-state index contributed by atoms with van der Waals surface area (Å²) in [6, 6.07) is 0.769. The van der Waals surface area contributed by atoms with E-state index in [9.17, 15) is 0 Å². The van der Waals surface area contributed by atoms with E-state index in [1.165, 1.54) is 0 Å². The SMILES string of the molecule is CC(C)(C)NCc1nnc(NC2CCOC2)o1. The van der Waals surface area contributed by atoms with E-state index in [-0.39, 0.29) is 5.54 Å². The molecule has 1 aromatic heterocycles. The maximum Gasteiger partial charge on any atom is 0.315 e. The van der Waals surface area contributed by atoms with Crippen molar-refractivity contribution in [2.24, 2.45) is 0 Å². The highest BCUT2D eigenvalue weighted by atomic mass is 16.5. The molecule has 0 saturated carbocycles. The molecule has 1 atom stereocenters. The predicted molar refractivity (Wildman–Crippen MR) is 63.7 cm³/mol. The fraction of sp³-hybridized carbons (Fsp3) is 0.818. The average Bonchev–Trinajstić information content (AvgIpc) is 2.86. The molecule has 1 aliphatic rings. The summed E-state index contributed by atoms with van der Waals surface area (Å²) in [5.41, 5.74) is 0.0430. The van der Waals surface area contributed by atoms with Crippen LogP contribution in [-0.2, 0) is 11.3 Å². The Morgan fingerprint density at radius 3 is 2.82 bits per heavy atom. The van der Waals surface area contributed by atoms with Crippen LogP contribution in [0.15, 0.2) is 4.42 Å². The van der Waals surface area contributed by atoms with Crippen LogP contribution in [0.2, 0.25) is 0 Å². The molecule has 1 unspecified atom stereocenters. The number of nitrogens with one attached hydrogen (secondary N) is 2. The second kappa shape index (κ2) is 5.01. The van der Waals surface area contributed by atoms with Crippen LogP contribution in [0.1, 0.15) is 33.1 Å². The van der Waals surface area contributed by atoms with Gasteiger partial charge in [0.15, 0.2) is 0 Å². The van der Waals surface area contributed by atoms with Gasteiger partial charge in [-0.05, 0) is 27.2 Å². The molecule has 0 bridgehead atoms. The molecule has 96 valence electrons. The van der Waals surface area contributed by atoms with Gasteiger partial charge in [0, 0.05) is 12.1 Å². The first-order valence-electron chi connectivity index (χ1n) is 5.95. The Labute approximate surface area is 101 Å². The Balaban J connectivity index is 1.83. The fourth-order valence-electron chi connectivity index (χ4n) is 1.55. The molecule has 1 aliphatic heterocycles. The summed E-state index contributed by atoms with van der Waals surface area (Å²) in [5, 5.41) is 14.4. The largest absolute Gasteiger partial charge is 0.407 e. The molecular weight excluding hydrogens is 220 g/mol. The lowest BCUT2D eigenvalue weighted by molar-refractivity contribution is 0.195. The van der Waals surface area contributed by atoms with E-state index in [2.05, 4.69) is 41.6 Å². The minimum absolute atomic E-state index is 0.0430.